The molecule has 1 amide bonds. The van der Waals surface area contributed by atoms with Gasteiger partial charge in [0, 0.05) is 30.8 Å². The molecule has 0 aromatic heterocycles. The first-order valence-corrected chi connectivity index (χ1v) is 8.00. The minimum absolute atomic E-state index is 0.142. The number of carboxylic acids is 1. The highest BCUT2D eigenvalue weighted by Crippen LogP contribution is 2.42. The fourth-order valence-electron chi connectivity index (χ4n) is 3.48. The molecule has 1 atom stereocenters. The highest BCUT2D eigenvalue weighted by molar-refractivity contribution is 5.77. The second-order valence-electron chi connectivity index (χ2n) is 6.55. The number of carbonyl (C=O) groups is 2. The molecule has 1 saturated heterocycles. The lowest BCUT2D eigenvalue weighted by Gasteiger charge is -2.36. The number of carbonyl (C=O) groups excluding carboxylic acids is 1. The van der Waals surface area contributed by atoms with Crippen LogP contribution in [0.1, 0.15) is 57.4 Å². The second-order valence-corrected chi connectivity index (χ2v) is 6.55. The summed E-state index contributed by atoms with van der Waals surface area (Å²) in [4.78, 5) is 24.9. The molecule has 1 aromatic carbocycles. The van der Waals surface area contributed by atoms with Crippen LogP contribution in [0.15, 0.2) is 30.3 Å². The summed E-state index contributed by atoms with van der Waals surface area (Å²) in [5, 5.41) is 8.64. The van der Waals surface area contributed by atoms with Gasteiger partial charge in [-0.1, -0.05) is 30.3 Å². The normalized spacial score (nSPS) is 20.1. The van der Waals surface area contributed by atoms with E-state index in [0.29, 0.717) is 25.2 Å². The molecule has 1 fully saturated rings. The maximum absolute atomic E-state index is 12.5. The zero-order valence-corrected chi connectivity index (χ0v) is 13.4. The van der Waals surface area contributed by atoms with E-state index in [9.17, 15) is 9.59 Å². The minimum Gasteiger partial charge on any atom is -0.481 e. The summed E-state index contributed by atoms with van der Waals surface area (Å²) in [5.41, 5.74) is 1.10. The summed E-state index contributed by atoms with van der Waals surface area (Å²) in [6.45, 7) is 5.05. The predicted molar refractivity (Wildman–Crippen MR) is 85.7 cm³/mol. The summed E-state index contributed by atoms with van der Waals surface area (Å²) < 4.78 is 0. The van der Waals surface area contributed by atoms with E-state index in [2.05, 4.69) is 26.0 Å². The van der Waals surface area contributed by atoms with Crippen molar-refractivity contribution in [3.05, 3.63) is 35.9 Å². The van der Waals surface area contributed by atoms with E-state index in [1.165, 1.54) is 5.56 Å². The average Bonchev–Trinajstić information content (AvgIpc) is 2.79. The van der Waals surface area contributed by atoms with Crippen LogP contribution in [0.5, 0.6) is 0 Å². The first kappa shape index (κ1) is 16.5. The molecule has 22 heavy (non-hydrogen) atoms. The standard InChI is InChI=1S/C18H25NO3/c1-18(2)15(14-8-4-3-5-9-14)12-13-19(18)16(20)10-6-7-11-17(21)22/h3-5,8-9,15H,6-7,10-13H2,1-2H3,(H,21,22). The number of carboxylic acid groups (broad SMARTS) is 1. The summed E-state index contributed by atoms with van der Waals surface area (Å²) in [7, 11) is 0. The van der Waals surface area contributed by atoms with Gasteiger partial charge in [0.05, 0.1) is 0 Å². The topological polar surface area (TPSA) is 57.6 Å². The van der Waals surface area contributed by atoms with Crippen molar-refractivity contribution >= 4 is 11.9 Å². The van der Waals surface area contributed by atoms with Gasteiger partial charge in [-0.05, 0) is 38.7 Å². The van der Waals surface area contributed by atoms with Crippen molar-refractivity contribution in [2.75, 3.05) is 6.54 Å². The van der Waals surface area contributed by atoms with E-state index >= 15 is 0 Å². The summed E-state index contributed by atoms with van der Waals surface area (Å²) in [5.74, 6) is -0.288. The number of aliphatic carboxylic acids is 1. The van der Waals surface area contributed by atoms with Gasteiger partial charge >= 0.3 is 5.97 Å². The zero-order valence-electron chi connectivity index (χ0n) is 13.4. The maximum Gasteiger partial charge on any atom is 0.303 e. The van der Waals surface area contributed by atoms with Crippen molar-refractivity contribution < 1.29 is 14.7 Å². The van der Waals surface area contributed by atoms with Crippen LogP contribution in [0.4, 0.5) is 0 Å². The predicted octanol–water partition coefficient (Wildman–Crippen LogP) is 3.43. The van der Waals surface area contributed by atoms with Crippen LogP contribution in [-0.4, -0.2) is 34.0 Å². The molecule has 0 saturated carbocycles. The summed E-state index contributed by atoms with van der Waals surface area (Å²) in [6.07, 6.45) is 2.78. The van der Waals surface area contributed by atoms with Crippen molar-refractivity contribution in [2.45, 2.75) is 57.4 Å². The molecular weight excluding hydrogens is 278 g/mol. The molecule has 0 aliphatic carbocycles. The Morgan fingerprint density at radius 1 is 1.18 bits per heavy atom. The van der Waals surface area contributed by atoms with Crippen LogP contribution in [0.2, 0.25) is 0 Å². The molecule has 1 aliphatic rings. The molecule has 1 aliphatic heterocycles. The third kappa shape index (κ3) is 3.67. The van der Waals surface area contributed by atoms with Gasteiger partial charge in [0.1, 0.15) is 0 Å². The monoisotopic (exact) mass is 303 g/mol. The Labute approximate surface area is 132 Å². The molecule has 1 heterocycles. The number of unbranched alkanes of at least 4 members (excludes halogenated alkanes) is 1. The summed E-state index contributed by atoms with van der Waals surface area (Å²) >= 11 is 0. The lowest BCUT2D eigenvalue weighted by molar-refractivity contribution is -0.138. The van der Waals surface area contributed by atoms with Gasteiger partial charge in [0.25, 0.3) is 0 Å². The van der Waals surface area contributed by atoms with E-state index in [1.807, 2.05) is 23.1 Å². The number of rotatable bonds is 6. The number of nitrogens with zero attached hydrogens (tertiary/aromatic N) is 1. The average molecular weight is 303 g/mol. The molecule has 0 bridgehead atoms. The Morgan fingerprint density at radius 2 is 1.82 bits per heavy atom. The molecule has 1 N–H and O–H groups in total. The molecule has 1 aromatic rings. The fourth-order valence-corrected chi connectivity index (χ4v) is 3.48. The van der Waals surface area contributed by atoms with Crippen LogP contribution >= 0.6 is 0 Å². The smallest absolute Gasteiger partial charge is 0.303 e. The van der Waals surface area contributed by atoms with E-state index in [4.69, 9.17) is 5.11 Å². The summed E-state index contributed by atoms with van der Waals surface area (Å²) in [6, 6.07) is 10.4. The first-order valence-electron chi connectivity index (χ1n) is 8.00. The number of hydrogen-bond acceptors (Lipinski definition) is 2. The largest absolute Gasteiger partial charge is 0.481 e. The first-order chi connectivity index (χ1) is 10.4. The van der Waals surface area contributed by atoms with E-state index in [-0.39, 0.29) is 17.9 Å². The van der Waals surface area contributed by atoms with Gasteiger partial charge in [-0.3, -0.25) is 9.59 Å². The molecule has 0 spiro atoms. The number of amides is 1. The van der Waals surface area contributed by atoms with Gasteiger partial charge in [0.2, 0.25) is 5.91 Å². The van der Waals surface area contributed by atoms with Crippen LogP contribution < -0.4 is 0 Å². The quantitative estimate of drug-likeness (QED) is 0.819. The Bertz CT molecular complexity index is 524. The minimum atomic E-state index is -0.793. The molecule has 0 radical (unpaired) electrons. The highest BCUT2D eigenvalue weighted by Gasteiger charge is 2.43. The van der Waals surface area contributed by atoms with Gasteiger partial charge in [-0.15, -0.1) is 0 Å². The van der Waals surface area contributed by atoms with Crippen LogP contribution in [0.25, 0.3) is 0 Å². The Balaban J connectivity index is 1.95. The second kappa shape index (κ2) is 6.95. The van der Waals surface area contributed by atoms with Crippen molar-refractivity contribution in [3.63, 3.8) is 0 Å². The Morgan fingerprint density at radius 3 is 2.45 bits per heavy atom. The molecule has 1 unspecified atom stereocenters. The van der Waals surface area contributed by atoms with E-state index in [1.54, 1.807) is 0 Å². The van der Waals surface area contributed by atoms with Crippen molar-refractivity contribution in [1.82, 2.24) is 4.90 Å². The molecular formula is C18H25NO3. The zero-order chi connectivity index (χ0) is 16.2. The van der Waals surface area contributed by atoms with Crippen molar-refractivity contribution in [3.8, 4) is 0 Å². The Hall–Kier alpha value is -1.84. The van der Waals surface area contributed by atoms with Crippen molar-refractivity contribution in [1.29, 1.82) is 0 Å². The lowest BCUT2D eigenvalue weighted by atomic mass is 9.82. The van der Waals surface area contributed by atoms with E-state index < -0.39 is 5.97 Å². The molecule has 4 heteroatoms. The van der Waals surface area contributed by atoms with Gasteiger partial charge in [-0.2, -0.15) is 0 Å². The van der Waals surface area contributed by atoms with Crippen LogP contribution in [0.3, 0.4) is 0 Å². The number of hydrogen-bond donors (Lipinski definition) is 1. The number of benzene rings is 1. The van der Waals surface area contributed by atoms with Gasteiger partial charge < -0.3 is 10.0 Å². The molecule has 2 rings (SSSR count). The third-order valence-electron chi connectivity index (χ3n) is 4.72. The highest BCUT2D eigenvalue weighted by atomic mass is 16.4. The van der Waals surface area contributed by atoms with Crippen molar-refractivity contribution in [2.24, 2.45) is 0 Å². The van der Waals surface area contributed by atoms with Crippen LogP contribution in [0, 0.1) is 0 Å². The third-order valence-corrected chi connectivity index (χ3v) is 4.72. The Kier molecular flexibility index (Phi) is 5.22. The van der Waals surface area contributed by atoms with Gasteiger partial charge in [-0.25, -0.2) is 0 Å². The molecule has 4 nitrogen and oxygen atoms in total. The van der Waals surface area contributed by atoms with E-state index in [0.717, 1.165) is 13.0 Å². The SMILES string of the molecule is CC1(C)C(c2ccccc2)CCN1C(=O)CCCCC(=O)O. The fraction of sp³-hybridized carbons (Fsp3) is 0.556. The number of likely N-dealkylation sites (tertiary alicyclic amines) is 1. The molecule has 120 valence electrons. The van der Waals surface area contributed by atoms with Gasteiger partial charge in [0.15, 0.2) is 0 Å². The maximum atomic E-state index is 12.5. The van der Waals surface area contributed by atoms with Crippen LogP contribution in [-0.2, 0) is 9.59 Å². The lowest BCUT2D eigenvalue weighted by Crippen LogP contribution is -2.45.